The zero-order valence-electron chi connectivity index (χ0n) is 16.6. The van der Waals surface area contributed by atoms with Gasteiger partial charge in [-0.3, -0.25) is 4.90 Å². The normalized spacial score (nSPS) is 11.4. The molecule has 0 unspecified atom stereocenters. The fourth-order valence-electron chi connectivity index (χ4n) is 3.62. The molecule has 0 aliphatic heterocycles. The Hall–Kier alpha value is -2.82. The van der Waals surface area contributed by atoms with Gasteiger partial charge < -0.3 is 10.4 Å². The highest BCUT2D eigenvalue weighted by Crippen LogP contribution is 2.35. The number of hydrogen-bond acceptors (Lipinski definition) is 4. The molecule has 0 saturated heterocycles. The van der Waals surface area contributed by atoms with E-state index in [0.717, 1.165) is 51.8 Å². The molecule has 0 spiro atoms. The molecule has 4 nitrogen and oxygen atoms in total. The van der Waals surface area contributed by atoms with E-state index in [4.69, 9.17) is 16.6 Å². The summed E-state index contributed by atoms with van der Waals surface area (Å²) in [6.07, 6.45) is 0. The minimum absolute atomic E-state index is 0.318. The van der Waals surface area contributed by atoms with Crippen molar-refractivity contribution >= 4 is 44.8 Å². The van der Waals surface area contributed by atoms with Crippen molar-refractivity contribution in [3.8, 4) is 5.75 Å². The Labute approximate surface area is 175 Å². The average Bonchev–Trinajstić information content (AvgIpc) is 2.73. The number of halogens is 1. The molecule has 3 aromatic carbocycles. The van der Waals surface area contributed by atoms with Gasteiger partial charge in [0.25, 0.3) is 0 Å². The molecular weight excluding hydrogens is 382 g/mol. The lowest BCUT2D eigenvalue weighted by Gasteiger charge is -2.20. The molecule has 0 amide bonds. The van der Waals surface area contributed by atoms with Gasteiger partial charge in [0, 0.05) is 33.6 Å². The van der Waals surface area contributed by atoms with E-state index in [0.29, 0.717) is 17.3 Å². The second kappa shape index (κ2) is 8.27. The predicted molar refractivity (Wildman–Crippen MR) is 122 cm³/mol. The number of hydrogen-bond donors (Lipinski definition) is 2. The molecule has 2 N–H and O–H groups in total. The van der Waals surface area contributed by atoms with Crippen molar-refractivity contribution in [1.29, 1.82) is 0 Å². The first-order chi connectivity index (χ1) is 14.1. The van der Waals surface area contributed by atoms with Crippen molar-refractivity contribution in [2.45, 2.75) is 20.4 Å². The van der Waals surface area contributed by atoms with Crippen molar-refractivity contribution in [2.24, 2.45) is 0 Å². The van der Waals surface area contributed by atoms with E-state index in [1.54, 1.807) is 6.07 Å². The summed E-state index contributed by atoms with van der Waals surface area (Å²) in [5.74, 6) is 0.318. The van der Waals surface area contributed by atoms with Gasteiger partial charge in [0.2, 0.25) is 0 Å². The molecule has 148 valence electrons. The Bertz CT molecular complexity index is 1170. The van der Waals surface area contributed by atoms with Crippen LogP contribution < -0.4 is 5.32 Å². The van der Waals surface area contributed by atoms with E-state index >= 15 is 0 Å². The van der Waals surface area contributed by atoms with Crippen molar-refractivity contribution in [3.05, 3.63) is 71.2 Å². The first kappa shape index (κ1) is 19.5. The zero-order chi connectivity index (χ0) is 20.4. The zero-order valence-corrected chi connectivity index (χ0v) is 17.4. The maximum atomic E-state index is 10.3. The summed E-state index contributed by atoms with van der Waals surface area (Å²) in [6, 6.07) is 19.5. The first-order valence-electron chi connectivity index (χ1n) is 9.88. The highest BCUT2D eigenvalue weighted by Gasteiger charge is 2.12. The number of fused-ring (bicyclic) bond motifs is 2. The molecule has 29 heavy (non-hydrogen) atoms. The average molecular weight is 406 g/mol. The van der Waals surface area contributed by atoms with Crippen molar-refractivity contribution in [1.82, 2.24) is 9.88 Å². The van der Waals surface area contributed by atoms with E-state index in [1.807, 2.05) is 48.5 Å². The minimum atomic E-state index is 0.318. The third-order valence-electron chi connectivity index (χ3n) is 5.28. The number of aromatic hydroxyl groups is 1. The molecule has 0 radical (unpaired) electrons. The number of nitrogens with one attached hydrogen (secondary N) is 1. The number of benzene rings is 3. The third kappa shape index (κ3) is 4.00. The first-order valence-corrected chi connectivity index (χ1v) is 10.3. The quantitative estimate of drug-likeness (QED) is 0.290. The van der Waals surface area contributed by atoms with Gasteiger partial charge in [0.05, 0.1) is 16.7 Å². The van der Waals surface area contributed by atoms with Gasteiger partial charge in [-0.05, 0) is 55.6 Å². The summed E-state index contributed by atoms with van der Waals surface area (Å²) in [5.41, 5.74) is 4.58. The lowest BCUT2D eigenvalue weighted by atomic mass is 10.1. The summed E-state index contributed by atoms with van der Waals surface area (Å²) in [7, 11) is 0. The molecule has 1 heterocycles. The fourth-order valence-corrected chi connectivity index (χ4v) is 3.79. The summed E-state index contributed by atoms with van der Waals surface area (Å²) >= 11 is 6.20. The number of para-hydroxylation sites is 1. The van der Waals surface area contributed by atoms with Crippen molar-refractivity contribution < 1.29 is 5.11 Å². The number of anilines is 2. The maximum Gasteiger partial charge on any atom is 0.120 e. The topological polar surface area (TPSA) is 48.4 Å². The van der Waals surface area contributed by atoms with Crippen LogP contribution in [0.2, 0.25) is 5.02 Å². The second-order valence-electron chi connectivity index (χ2n) is 7.10. The van der Waals surface area contributed by atoms with Crippen LogP contribution in [0.5, 0.6) is 5.75 Å². The van der Waals surface area contributed by atoms with Crippen molar-refractivity contribution in [2.75, 3.05) is 18.4 Å². The molecule has 0 aliphatic carbocycles. The minimum Gasteiger partial charge on any atom is -0.508 e. The smallest absolute Gasteiger partial charge is 0.120 e. The Morgan fingerprint density at radius 3 is 2.48 bits per heavy atom. The Morgan fingerprint density at radius 1 is 0.931 bits per heavy atom. The monoisotopic (exact) mass is 405 g/mol. The van der Waals surface area contributed by atoms with Gasteiger partial charge in [-0.1, -0.05) is 43.6 Å². The molecule has 0 saturated carbocycles. The molecule has 0 bridgehead atoms. The van der Waals surface area contributed by atoms with Gasteiger partial charge in [0.1, 0.15) is 5.75 Å². The molecule has 0 aliphatic rings. The van der Waals surface area contributed by atoms with Crippen LogP contribution in [0, 0.1) is 0 Å². The Kier molecular flexibility index (Phi) is 5.56. The highest BCUT2D eigenvalue weighted by molar-refractivity contribution is 6.31. The number of phenolic OH excluding ortho intramolecular Hbond substituents is 1. The summed E-state index contributed by atoms with van der Waals surface area (Å²) in [4.78, 5) is 7.04. The SMILES string of the molecule is CCN(CC)Cc1cc(Nc2c3ccccc3nc3cc(Cl)ccc23)ccc1O. The van der Waals surface area contributed by atoms with Crippen LogP contribution in [0.15, 0.2) is 60.7 Å². The second-order valence-corrected chi connectivity index (χ2v) is 7.53. The number of nitrogens with zero attached hydrogens (tertiary/aromatic N) is 2. The van der Waals surface area contributed by atoms with Crippen LogP contribution in [-0.2, 0) is 6.54 Å². The molecule has 4 aromatic rings. The highest BCUT2D eigenvalue weighted by atomic mass is 35.5. The van der Waals surface area contributed by atoms with Crippen LogP contribution in [0.1, 0.15) is 19.4 Å². The fraction of sp³-hybridized carbons (Fsp3) is 0.208. The van der Waals surface area contributed by atoms with Crippen LogP contribution in [0.25, 0.3) is 21.8 Å². The third-order valence-corrected chi connectivity index (χ3v) is 5.52. The van der Waals surface area contributed by atoms with E-state index in [-0.39, 0.29) is 0 Å². The summed E-state index contributed by atoms with van der Waals surface area (Å²) in [5, 5.41) is 16.6. The molecule has 1 aromatic heterocycles. The predicted octanol–water partition coefficient (Wildman–Crippen LogP) is 6.33. The lowest BCUT2D eigenvalue weighted by Crippen LogP contribution is -2.22. The largest absolute Gasteiger partial charge is 0.508 e. The number of phenols is 1. The van der Waals surface area contributed by atoms with Gasteiger partial charge in [0.15, 0.2) is 0 Å². The van der Waals surface area contributed by atoms with Crippen LogP contribution >= 0.6 is 11.6 Å². The molecule has 4 rings (SSSR count). The van der Waals surface area contributed by atoms with Crippen molar-refractivity contribution in [3.63, 3.8) is 0 Å². The van der Waals surface area contributed by atoms with E-state index in [9.17, 15) is 5.11 Å². The summed E-state index contributed by atoms with van der Waals surface area (Å²) in [6.45, 7) is 6.84. The van der Waals surface area contributed by atoms with E-state index in [1.165, 1.54) is 0 Å². The van der Waals surface area contributed by atoms with Crippen LogP contribution in [-0.4, -0.2) is 28.1 Å². The molecular formula is C24H24ClN3O. The van der Waals surface area contributed by atoms with Gasteiger partial charge in [-0.15, -0.1) is 0 Å². The van der Waals surface area contributed by atoms with Gasteiger partial charge in [-0.2, -0.15) is 0 Å². The Balaban J connectivity index is 1.81. The molecule has 0 atom stereocenters. The summed E-state index contributed by atoms with van der Waals surface area (Å²) < 4.78 is 0. The number of aromatic nitrogens is 1. The molecule has 0 fully saturated rings. The standard InChI is InChI=1S/C24H24ClN3O/c1-3-28(4-2)15-16-13-18(10-12-23(16)29)26-24-19-7-5-6-8-21(19)27-22-14-17(25)9-11-20(22)24/h5-14,29H,3-4,15H2,1-2H3,(H,26,27). The number of rotatable bonds is 6. The van der Waals surface area contributed by atoms with Crippen LogP contribution in [0.4, 0.5) is 11.4 Å². The van der Waals surface area contributed by atoms with Gasteiger partial charge in [-0.25, -0.2) is 4.98 Å². The Morgan fingerprint density at radius 2 is 1.69 bits per heavy atom. The van der Waals surface area contributed by atoms with E-state index in [2.05, 4.69) is 30.1 Å². The van der Waals surface area contributed by atoms with Crippen LogP contribution in [0.3, 0.4) is 0 Å². The maximum absolute atomic E-state index is 10.3. The lowest BCUT2D eigenvalue weighted by molar-refractivity contribution is 0.291. The van der Waals surface area contributed by atoms with E-state index < -0.39 is 0 Å². The molecule has 5 heteroatoms. The number of pyridine rings is 1. The van der Waals surface area contributed by atoms with Gasteiger partial charge >= 0.3 is 0 Å².